The molecule has 0 aliphatic rings. The van der Waals surface area contributed by atoms with Crippen LogP contribution in [0.3, 0.4) is 0 Å². The van der Waals surface area contributed by atoms with Crippen LogP contribution in [0.25, 0.3) is 61.5 Å². The van der Waals surface area contributed by atoms with Gasteiger partial charge in [0.25, 0.3) is 0 Å². The number of fused-ring (bicyclic) bond motifs is 1. The molecule has 2 heterocycles. The highest BCUT2D eigenvalue weighted by molar-refractivity contribution is 5.96. The van der Waals surface area contributed by atoms with Gasteiger partial charge in [-0.2, -0.15) is 0 Å². The van der Waals surface area contributed by atoms with Gasteiger partial charge in [0, 0.05) is 45.7 Å². The molecule has 7 aromatic rings. The number of pyridine rings is 1. The van der Waals surface area contributed by atoms with Crippen molar-refractivity contribution in [3.05, 3.63) is 146 Å². The lowest BCUT2D eigenvalue weighted by Gasteiger charge is -2.14. The highest BCUT2D eigenvalue weighted by Crippen LogP contribution is 2.39. The zero-order valence-electron chi connectivity index (χ0n) is 22.6. The number of methoxy groups -OCH3 is 1. The molecule has 2 aromatic heterocycles. The van der Waals surface area contributed by atoms with Crippen LogP contribution in [-0.2, 0) is 0 Å². The van der Waals surface area contributed by atoms with E-state index in [1.165, 1.54) is 5.39 Å². The molecule has 196 valence electrons. The van der Waals surface area contributed by atoms with Gasteiger partial charge in [-0.3, -0.25) is 9.55 Å². The first-order valence-electron chi connectivity index (χ1n) is 13.6. The number of imidazole rings is 1. The predicted molar refractivity (Wildman–Crippen MR) is 167 cm³/mol. The molecular weight excluding hydrogens is 502 g/mol. The van der Waals surface area contributed by atoms with E-state index in [4.69, 9.17) is 9.72 Å². The second kappa shape index (κ2) is 10.6. The lowest BCUT2D eigenvalue weighted by molar-refractivity contribution is 0.415. The van der Waals surface area contributed by atoms with Crippen molar-refractivity contribution >= 4 is 10.8 Å². The Hall–Kier alpha value is -5.48. The van der Waals surface area contributed by atoms with E-state index in [1.54, 1.807) is 7.11 Å². The second-order valence-electron chi connectivity index (χ2n) is 9.88. The second-order valence-corrected chi connectivity index (χ2v) is 9.88. The van der Waals surface area contributed by atoms with Crippen LogP contribution in [0.5, 0.6) is 5.75 Å². The zero-order valence-corrected chi connectivity index (χ0v) is 22.6. The number of hydrogen-bond donors (Lipinski definition) is 0. The van der Waals surface area contributed by atoms with Crippen molar-refractivity contribution < 1.29 is 4.74 Å². The molecule has 0 atom stereocenters. The van der Waals surface area contributed by atoms with E-state index in [9.17, 15) is 0 Å². The van der Waals surface area contributed by atoms with Gasteiger partial charge < -0.3 is 4.74 Å². The van der Waals surface area contributed by atoms with Crippen LogP contribution < -0.4 is 4.74 Å². The Kier molecular flexibility index (Phi) is 6.34. The Morgan fingerprint density at radius 3 is 1.90 bits per heavy atom. The molecule has 0 unspecified atom stereocenters. The molecule has 0 aliphatic heterocycles. The summed E-state index contributed by atoms with van der Waals surface area (Å²) in [6.45, 7) is 0. The quantitative estimate of drug-likeness (QED) is 0.216. The van der Waals surface area contributed by atoms with Gasteiger partial charge in [0.2, 0.25) is 0 Å². The lowest BCUT2D eigenvalue weighted by Crippen LogP contribution is -2.00. The highest BCUT2D eigenvalue weighted by Gasteiger charge is 2.22. The van der Waals surface area contributed by atoms with Crippen LogP contribution in [0, 0.1) is 0 Å². The molecule has 0 fully saturated rings. The molecule has 5 aromatic carbocycles. The molecule has 0 N–H and O–H groups in total. The highest BCUT2D eigenvalue weighted by atomic mass is 16.5. The summed E-state index contributed by atoms with van der Waals surface area (Å²) < 4.78 is 7.72. The topological polar surface area (TPSA) is 39.9 Å². The molecule has 4 heteroatoms. The van der Waals surface area contributed by atoms with Crippen molar-refractivity contribution in [1.29, 1.82) is 0 Å². The van der Waals surface area contributed by atoms with Gasteiger partial charge in [-0.05, 0) is 35.2 Å². The smallest absolute Gasteiger partial charge is 0.145 e. The molecule has 0 bridgehead atoms. The minimum absolute atomic E-state index is 0.813. The van der Waals surface area contributed by atoms with Crippen LogP contribution in [0.2, 0.25) is 0 Å². The van der Waals surface area contributed by atoms with Crippen molar-refractivity contribution in [2.75, 3.05) is 7.11 Å². The van der Waals surface area contributed by atoms with Crippen molar-refractivity contribution in [2.24, 2.45) is 0 Å². The van der Waals surface area contributed by atoms with E-state index in [0.29, 0.717) is 0 Å². The van der Waals surface area contributed by atoms with E-state index >= 15 is 0 Å². The Morgan fingerprint density at radius 1 is 0.561 bits per heavy atom. The predicted octanol–water partition coefficient (Wildman–Crippen LogP) is 9.10. The van der Waals surface area contributed by atoms with Gasteiger partial charge in [-0.15, -0.1) is 0 Å². The number of rotatable bonds is 6. The zero-order chi connectivity index (χ0) is 27.6. The minimum atomic E-state index is 0.813. The van der Waals surface area contributed by atoms with Crippen molar-refractivity contribution in [2.45, 2.75) is 0 Å². The third-order valence-corrected chi connectivity index (χ3v) is 7.42. The van der Waals surface area contributed by atoms with Gasteiger partial charge in [0.1, 0.15) is 11.6 Å². The normalized spacial score (nSPS) is 11.0. The maximum Gasteiger partial charge on any atom is 0.145 e. The number of benzene rings is 5. The lowest BCUT2D eigenvalue weighted by atomic mass is 10.00. The number of ether oxygens (including phenoxy) is 1. The van der Waals surface area contributed by atoms with Gasteiger partial charge in [0.05, 0.1) is 18.5 Å². The monoisotopic (exact) mass is 529 g/mol. The maximum atomic E-state index is 5.47. The van der Waals surface area contributed by atoms with Crippen molar-refractivity contribution in [3.63, 3.8) is 0 Å². The molecule has 0 saturated heterocycles. The fourth-order valence-corrected chi connectivity index (χ4v) is 5.40. The average Bonchev–Trinajstić information content (AvgIpc) is 3.46. The summed E-state index contributed by atoms with van der Waals surface area (Å²) in [5.41, 5.74) is 8.41. The molecule has 0 aliphatic carbocycles. The van der Waals surface area contributed by atoms with Crippen LogP contribution in [0.1, 0.15) is 0 Å². The van der Waals surface area contributed by atoms with Crippen molar-refractivity contribution in [1.82, 2.24) is 14.5 Å². The van der Waals surface area contributed by atoms with E-state index in [-0.39, 0.29) is 0 Å². The third kappa shape index (κ3) is 4.56. The maximum absolute atomic E-state index is 5.47. The fraction of sp³-hybridized carbons (Fsp3) is 0.0270. The Labute approximate surface area is 239 Å². The van der Waals surface area contributed by atoms with E-state index in [0.717, 1.165) is 61.9 Å². The summed E-state index contributed by atoms with van der Waals surface area (Å²) >= 11 is 0. The Balaban J connectivity index is 1.45. The summed E-state index contributed by atoms with van der Waals surface area (Å²) in [4.78, 5) is 9.81. The van der Waals surface area contributed by atoms with Gasteiger partial charge >= 0.3 is 0 Å². The molecule has 0 radical (unpaired) electrons. The Morgan fingerprint density at radius 2 is 1.20 bits per heavy atom. The van der Waals surface area contributed by atoms with Crippen LogP contribution >= 0.6 is 0 Å². The molecule has 0 saturated carbocycles. The van der Waals surface area contributed by atoms with Crippen LogP contribution in [0.15, 0.2) is 146 Å². The fourth-order valence-electron chi connectivity index (χ4n) is 5.40. The molecule has 4 nitrogen and oxygen atoms in total. The summed E-state index contributed by atoms with van der Waals surface area (Å²) in [6.07, 6.45) is 3.85. The van der Waals surface area contributed by atoms with E-state index < -0.39 is 0 Å². The molecule has 0 spiro atoms. The molecule has 0 amide bonds. The van der Waals surface area contributed by atoms with E-state index in [1.807, 2.05) is 42.7 Å². The number of nitrogens with zero attached hydrogens (tertiary/aromatic N) is 3. The first-order valence-corrected chi connectivity index (χ1v) is 13.6. The van der Waals surface area contributed by atoms with Gasteiger partial charge in [-0.25, -0.2) is 4.98 Å². The third-order valence-electron chi connectivity index (χ3n) is 7.42. The summed E-state index contributed by atoms with van der Waals surface area (Å²) in [6, 6.07) is 46.0. The molecule has 41 heavy (non-hydrogen) atoms. The average molecular weight is 530 g/mol. The standard InChI is InChI=1S/C37H27N3O/c1-41-32-22-20-31(21-23-32)40-36(28-12-6-3-7-13-28)35(27-10-4-2-5-11-27)39-37(40)29-18-16-26(17-19-29)34-25-38-24-30-14-8-9-15-33(30)34/h2-25H,1H3. The molecule has 7 rings (SSSR count). The first-order chi connectivity index (χ1) is 20.3. The number of aromatic nitrogens is 3. The summed E-state index contributed by atoms with van der Waals surface area (Å²) in [5, 5.41) is 2.32. The van der Waals surface area contributed by atoms with Crippen LogP contribution in [-0.4, -0.2) is 21.6 Å². The van der Waals surface area contributed by atoms with Gasteiger partial charge in [0.15, 0.2) is 0 Å². The summed E-state index contributed by atoms with van der Waals surface area (Å²) in [7, 11) is 1.69. The summed E-state index contributed by atoms with van der Waals surface area (Å²) in [5.74, 6) is 1.68. The molecular formula is C37H27N3O. The van der Waals surface area contributed by atoms with E-state index in [2.05, 4.69) is 113 Å². The van der Waals surface area contributed by atoms with Crippen LogP contribution in [0.4, 0.5) is 0 Å². The van der Waals surface area contributed by atoms with Gasteiger partial charge in [-0.1, -0.05) is 109 Å². The SMILES string of the molecule is COc1ccc(-n2c(-c3ccc(-c4cncc5ccccc45)cc3)nc(-c3ccccc3)c2-c2ccccc2)cc1. The van der Waals surface area contributed by atoms with Crippen molar-refractivity contribution in [3.8, 4) is 56.5 Å². The largest absolute Gasteiger partial charge is 0.497 e. The number of hydrogen-bond acceptors (Lipinski definition) is 3. The first kappa shape index (κ1) is 24.6. The Bertz CT molecular complexity index is 1940. The minimum Gasteiger partial charge on any atom is -0.497 e.